The predicted molar refractivity (Wildman–Crippen MR) is 128 cm³/mol. The lowest BCUT2D eigenvalue weighted by molar-refractivity contribution is -0.118. The zero-order valence-electron chi connectivity index (χ0n) is 19.2. The summed E-state index contributed by atoms with van der Waals surface area (Å²) in [7, 11) is 0. The van der Waals surface area contributed by atoms with Crippen LogP contribution in [0.15, 0.2) is 35.8 Å². The molecule has 3 heterocycles. The number of hydrogen-bond acceptors (Lipinski definition) is 7. The second-order valence-electron chi connectivity index (χ2n) is 9.43. The Hall–Kier alpha value is -3.17. The van der Waals surface area contributed by atoms with E-state index in [9.17, 15) is 4.79 Å². The van der Waals surface area contributed by atoms with Gasteiger partial charge in [-0.1, -0.05) is 6.92 Å². The lowest BCUT2D eigenvalue weighted by Gasteiger charge is -2.27. The maximum Gasteiger partial charge on any atom is 0.229 e. The van der Waals surface area contributed by atoms with Crippen molar-refractivity contribution in [2.24, 2.45) is 34.5 Å². The molecule has 3 unspecified atom stereocenters. The van der Waals surface area contributed by atoms with Crippen molar-refractivity contribution < 1.29 is 14.3 Å². The molecule has 1 fully saturated rings. The van der Waals surface area contributed by atoms with E-state index in [4.69, 9.17) is 10.8 Å². The number of anilines is 1. The van der Waals surface area contributed by atoms with Gasteiger partial charge in [-0.2, -0.15) is 5.10 Å². The van der Waals surface area contributed by atoms with Crippen molar-refractivity contribution in [2.75, 3.05) is 25.0 Å². The molecule has 1 amide bonds. The Labute approximate surface area is 197 Å². The Morgan fingerprint density at radius 1 is 1.38 bits per heavy atom. The molecule has 0 aromatic carbocycles. The Bertz CT molecular complexity index is 1170. The average molecular weight is 465 g/mol. The van der Waals surface area contributed by atoms with Gasteiger partial charge < -0.3 is 16.2 Å². The molecule has 2 aromatic rings. The predicted octanol–water partition coefficient (Wildman–Crippen LogP) is 2.41. The number of amides is 1. The van der Waals surface area contributed by atoms with Gasteiger partial charge >= 0.3 is 0 Å². The fraction of sp³-hybridized carbons (Fsp3) is 0.440. The number of carbonyl (C=O) groups is 1. The number of pyridine rings is 2. The first-order valence-corrected chi connectivity index (χ1v) is 11.6. The summed E-state index contributed by atoms with van der Waals surface area (Å²) in [4.78, 5) is 21.5. The Morgan fingerprint density at radius 2 is 2.21 bits per heavy atom. The van der Waals surface area contributed by atoms with Crippen molar-refractivity contribution in [2.45, 2.75) is 26.1 Å². The lowest BCUT2D eigenvalue weighted by Crippen LogP contribution is -2.28. The van der Waals surface area contributed by atoms with Crippen molar-refractivity contribution in [1.29, 1.82) is 0 Å². The van der Waals surface area contributed by atoms with E-state index < -0.39 is 12.2 Å². The molecule has 3 aliphatic rings. The summed E-state index contributed by atoms with van der Waals surface area (Å²) in [5.41, 5.74) is 9.70. The largest absolute Gasteiger partial charge is 0.394 e. The number of rotatable bonds is 6. The minimum absolute atomic E-state index is 0.0571. The molecule has 6 atom stereocenters. The first-order chi connectivity index (χ1) is 16.4. The van der Waals surface area contributed by atoms with Crippen LogP contribution in [-0.2, 0) is 4.79 Å². The molecule has 0 saturated heterocycles. The van der Waals surface area contributed by atoms with Gasteiger partial charge in [0.15, 0.2) is 0 Å². The number of aliphatic hydroxyl groups is 1. The van der Waals surface area contributed by atoms with Crippen LogP contribution >= 0.6 is 0 Å². The van der Waals surface area contributed by atoms with Crippen molar-refractivity contribution in [3.05, 3.63) is 53.0 Å². The highest BCUT2D eigenvalue weighted by Crippen LogP contribution is 2.51. The molecule has 2 aromatic heterocycles. The quantitative estimate of drug-likeness (QED) is 0.605. The van der Waals surface area contributed by atoms with E-state index in [1.54, 1.807) is 30.7 Å². The smallest absolute Gasteiger partial charge is 0.229 e. The number of fused-ring (bicyclic) bond motifs is 1. The monoisotopic (exact) mass is 464 g/mol. The van der Waals surface area contributed by atoms with Gasteiger partial charge in [0, 0.05) is 48.7 Å². The highest BCUT2D eigenvalue weighted by molar-refractivity contribution is 5.95. The van der Waals surface area contributed by atoms with Gasteiger partial charge in [-0.05, 0) is 59.2 Å². The first kappa shape index (κ1) is 22.6. The molecule has 0 spiro atoms. The molecule has 178 valence electrons. The van der Waals surface area contributed by atoms with Crippen molar-refractivity contribution in [1.82, 2.24) is 15.0 Å². The topological polar surface area (TPSA) is 117 Å². The number of nitrogens with one attached hydrogen (secondary N) is 1. The number of nitrogens with two attached hydrogens (primary N) is 1. The van der Waals surface area contributed by atoms with Crippen LogP contribution in [0.25, 0.3) is 11.6 Å². The Kier molecular flexibility index (Phi) is 5.91. The molecule has 4 N–H and O–H groups in total. The van der Waals surface area contributed by atoms with Crippen LogP contribution in [-0.4, -0.2) is 58.1 Å². The van der Waals surface area contributed by atoms with E-state index in [0.717, 1.165) is 23.2 Å². The van der Waals surface area contributed by atoms with Crippen LogP contribution in [0.4, 0.5) is 10.2 Å². The molecule has 9 heteroatoms. The summed E-state index contributed by atoms with van der Waals surface area (Å²) in [5, 5.41) is 18.2. The third-order valence-electron chi connectivity index (χ3n) is 7.30. The van der Waals surface area contributed by atoms with Gasteiger partial charge in [0.1, 0.15) is 12.0 Å². The second-order valence-corrected chi connectivity index (χ2v) is 9.43. The third kappa shape index (κ3) is 3.99. The summed E-state index contributed by atoms with van der Waals surface area (Å²) in [5.74, 6) is 0.877. The molecule has 5 rings (SSSR count). The lowest BCUT2D eigenvalue weighted by atomic mass is 9.84. The summed E-state index contributed by atoms with van der Waals surface area (Å²) >= 11 is 0. The zero-order valence-corrected chi connectivity index (χ0v) is 19.2. The Balaban J connectivity index is 1.33. The van der Waals surface area contributed by atoms with Crippen LogP contribution < -0.4 is 11.1 Å². The molecular formula is C25H29FN6O2. The number of halogens is 1. The number of β-amino-alcohol motifs (C(OH)–C–C–N with tert-alkyl or cyclic N) is 1. The standard InChI is InChI=1S/C25H29FN6O2/c1-13-3-4-28-10-18(13)17-7-15-8-20(29-11-19(15)24(27)23(17)26)31-25(34)22-14(2)21(22)16-9-30-32(12-16)5-6-33/h3-4,7-11,14,16,21-24,33H,5-6,12,27H2,1-2H3,(H,29,31,34)/t14-,16?,21+,22-,23?,24?/m0/s1. The number of hydrogen-bond donors (Lipinski definition) is 3. The summed E-state index contributed by atoms with van der Waals surface area (Å²) in [6, 6.07) is 2.75. The molecular weight excluding hydrogens is 435 g/mol. The normalized spacial score (nSPS) is 29.6. The molecule has 0 bridgehead atoms. The van der Waals surface area contributed by atoms with Gasteiger partial charge in [0.05, 0.1) is 19.2 Å². The molecule has 1 aliphatic heterocycles. The zero-order chi connectivity index (χ0) is 24.0. The molecule has 0 radical (unpaired) electrons. The van der Waals surface area contributed by atoms with Crippen LogP contribution in [0.5, 0.6) is 0 Å². The number of hydrazone groups is 1. The Morgan fingerprint density at radius 3 is 2.97 bits per heavy atom. The van der Waals surface area contributed by atoms with E-state index >= 15 is 4.39 Å². The van der Waals surface area contributed by atoms with E-state index in [-0.39, 0.29) is 36.2 Å². The minimum atomic E-state index is -1.37. The summed E-state index contributed by atoms with van der Waals surface area (Å²) in [6.45, 7) is 5.26. The van der Waals surface area contributed by atoms with Crippen molar-refractivity contribution in [3.63, 3.8) is 0 Å². The fourth-order valence-corrected chi connectivity index (χ4v) is 5.32. The van der Waals surface area contributed by atoms with Crippen molar-refractivity contribution in [3.8, 4) is 0 Å². The number of aromatic nitrogens is 2. The van der Waals surface area contributed by atoms with Crippen LogP contribution in [0, 0.1) is 30.6 Å². The third-order valence-corrected chi connectivity index (χ3v) is 7.30. The maximum absolute atomic E-state index is 15.2. The molecule has 1 saturated carbocycles. The molecule has 8 nitrogen and oxygen atoms in total. The second kappa shape index (κ2) is 8.88. The van der Waals surface area contributed by atoms with E-state index in [1.807, 2.05) is 24.2 Å². The van der Waals surface area contributed by atoms with Crippen LogP contribution in [0.3, 0.4) is 0 Å². The number of nitrogens with zero attached hydrogens (tertiary/aromatic N) is 4. The maximum atomic E-state index is 15.2. The van der Waals surface area contributed by atoms with Crippen LogP contribution in [0.2, 0.25) is 0 Å². The number of alkyl halides is 1. The summed E-state index contributed by atoms with van der Waals surface area (Å²) in [6.07, 6.45) is 7.17. The highest BCUT2D eigenvalue weighted by atomic mass is 19.1. The van der Waals surface area contributed by atoms with Gasteiger partial charge in [0.25, 0.3) is 0 Å². The highest BCUT2D eigenvalue weighted by Gasteiger charge is 2.55. The van der Waals surface area contributed by atoms with Crippen LogP contribution in [0.1, 0.15) is 35.2 Å². The number of aryl methyl sites for hydroxylation is 1. The van der Waals surface area contributed by atoms with Gasteiger partial charge in [-0.3, -0.25) is 14.8 Å². The van der Waals surface area contributed by atoms with Gasteiger partial charge in [-0.25, -0.2) is 9.37 Å². The van der Waals surface area contributed by atoms with Gasteiger partial charge in [0.2, 0.25) is 5.91 Å². The van der Waals surface area contributed by atoms with Crippen molar-refractivity contribution >= 4 is 29.6 Å². The van der Waals surface area contributed by atoms with E-state index in [0.29, 0.717) is 23.5 Å². The minimum Gasteiger partial charge on any atom is -0.394 e. The first-order valence-electron chi connectivity index (χ1n) is 11.6. The van der Waals surface area contributed by atoms with E-state index in [2.05, 4.69) is 27.3 Å². The number of carbonyl (C=O) groups excluding carboxylic acids is 1. The number of aliphatic hydroxyl groups excluding tert-OH is 1. The molecule has 2 aliphatic carbocycles. The fourth-order valence-electron chi connectivity index (χ4n) is 5.32. The summed E-state index contributed by atoms with van der Waals surface area (Å²) < 4.78 is 15.2. The van der Waals surface area contributed by atoms with Gasteiger partial charge in [-0.15, -0.1) is 0 Å². The molecule has 34 heavy (non-hydrogen) atoms. The SMILES string of the molecule is Cc1ccncc1C1=Cc2cc(NC(=O)[C@H]3[C@@H](C)[C@@H]3C3C=NN(CCO)C3)ncc2C(N)C1F. The van der Waals surface area contributed by atoms with E-state index in [1.165, 1.54) is 0 Å². The average Bonchev–Trinajstić information content (AvgIpc) is 3.27.